The lowest BCUT2D eigenvalue weighted by atomic mass is 9.88. The van der Waals surface area contributed by atoms with Crippen molar-refractivity contribution in [2.24, 2.45) is 11.3 Å². The fraction of sp³-hybridized carbons (Fsp3) is 0.636. The molecule has 0 spiro atoms. The molecule has 1 aliphatic rings. The van der Waals surface area contributed by atoms with Crippen molar-refractivity contribution in [2.45, 2.75) is 79.6 Å². The molecule has 0 unspecified atom stereocenters. The monoisotopic (exact) mass is 573 g/mol. The van der Waals surface area contributed by atoms with Crippen LogP contribution in [0.5, 0.6) is 11.5 Å². The molecule has 0 radical (unpaired) electrons. The summed E-state index contributed by atoms with van der Waals surface area (Å²) >= 11 is 0. The molecule has 1 saturated heterocycles. The van der Waals surface area contributed by atoms with E-state index < -0.39 is 7.60 Å². The third kappa shape index (κ3) is 10.1. The first kappa shape index (κ1) is 32.5. The van der Waals surface area contributed by atoms with Gasteiger partial charge < -0.3 is 23.4 Å². The third-order valence-electron chi connectivity index (χ3n) is 7.68. The molecule has 0 aromatic heterocycles. The first-order chi connectivity index (χ1) is 19.1. The average Bonchev–Trinajstić information content (AvgIpc) is 2.92. The van der Waals surface area contributed by atoms with Gasteiger partial charge in [0.15, 0.2) is 0 Å². The van der Waals surface area contributed by atoms with Crippen molar-refractivity contribution in [1.82, 2.24) is 0 Å². The van der Waals surface area contributed by atoms with Crippen LogP contribution in [0.4, 0.5) is 5.69 Å². The van der Waals surface area contributed by atoms with Gasteiger partial charge in [0.05, 0.1) is 33.1 Å². The molecule has 224 valence electrons. The lowest BCUT2D eigenvalue weighted by Crippen LogP contribution is -2.36. The summed E-state index contributed by atoms with van der Waals surface area (Å²) in [5.74, 6) is 2.34. The molecule has 1 aliphatic heterocycles. The van der Waals surface area contributed by atoms with Crippen LogP contribution in [0.2, 0.25) is 0 Å². The van der Waals surface area contributed by atoms with Crippen LogP contribution < -0.4 is 14.4 Å². The van der Waals surface area contributed by atoms with E-state index in [0.29, 0.717) is 37.3 Å². The fourth-order valence-corrected chi connectivity index (χ4v) is 7.38. The minimum atomic E-state index is -3.10. The summed E-state index contributed by atoms with van der Waals surface area (Å²) in [6.07, 6.45) is 6.06. The van der Waals surface area contributed by atoms with Gasteiger partial charge in [-0.15, -0.1) is 0 Å². The highest BCUT2D eigenvalue weighted by molar-refractivity contribution is 7.53. The summed E-state index contributed by atoms with van der Waals surface area (Å²) in [5.41, 5.74) is 4.19. The summed E-state index contributed by atoms with van der Waals surface area (Å²) in [7, 11) is -1.36. The van der Waals surface area contributed by atoms with Crippen LogP contribution in [0, 0.1) is 11.3 Å². The Morgan fingerprint density at radius 1 is 1.00 bits per heavy atom. The van der Waals surface area contributed by atoms with E-state index in [1.165, 1.54) is 24.1 Å². The average molecular weight is 574 g/mol. The van der Waals surface area contributed by atoms with Crippen molar-refractivity contribution in [3.63, 3.8) is 0 Å². The van der Waals surface area contributed by atoms with Crippen molar-refractivity contribution < 1.29 is 23.1 Å². The molecule has 3 rings (SSSR count). The number of nitrogens with zero attached hydrogens (tertiary/aromatic N) is 1. The van der Waals surface area contributed by atoms with Crippen molar-refractivity contribution >= 4 is 13.3 Å². The van der Waals surface area contributed by atoms with E-state index in [9.17, 15) is 4.57 Å². The first-order valence-corrected chi connectivity index (χ1v) is 16.8. The van der Waals surface area contributed by atoms with E-state index in [2.05, 4.69) is 62.9 Å². The fourth-order valence-electron chi connectivity index (χ4n) is 5.43. The second-order valence-corrected chi connectivity index (χ2v) is 14.4. The zero-order chi connectivity index (χ0) is 29.2. The quantitative estimate of drug-likeness (QED) is 0.199. The van der Waals surface area contributed by atoms with Crippen molar-refractivity contribution in [2.75, 3.05) is 51.1 Å². The van der Waals surface area contributed by atoms with Gasteiger partial charge in [-0.2, -0.15) is 0 Å². The van der Waals surface area contributed by atoms with Gasteiger partial charge in [0.2, 0.25) is 0 Å². The molecule has 2 aromatic carbocycles. The molecule has 0 bridgehead atoms. The number of piperidine rings is 1. The zero-order valence-electron chi connectivity index (χ0n) is 25.9. The Balaban J connectivity index is 1.55. The summed E-state index contributed by atoms with van der Waals surface area (Å²) in [6, 6.07) is 14.7. The standard InChI is InChI=1S/C33H52NO5P/c1-8-38-40(35,39-9-2)25-26(3)29-12-10-14-31(22-29)37-24-27-17-20-34(21-18-27)32-23-30(36-7)16-15-28(32)13-11-19-33(4,5)6/h10,12,14-16,22-23,26-27H,8-9,11,13,17-21,24-25H2,1-7H3/t26-/m0/s1. The van der Waals surface area contributed by atoms with Gasteiger partial charge in [-0.25, -0.2) is 0 Å². The molecule has 1 fully saturated rings. The van der Waals surface area contributed by atoms with Gasteiger partial charge in [0.25, 0.3) is 0 Å². The second-order valence-electron chi connectivity index (χ2n) is 12.3. The lowest BCUT2D eigenvalue weighted by Gasteiger charge is -2.35. The number of hydrogen-bond donors (Lipinski definition) is 0. The molecule has 7 heteroatoms. The van der Waals surface area contributed by atoms with Gasteiger partial charge >= 0.3 is 7.60 Å². The summed E-state index contributed by atoms with van der Waals surface area (Å²) in [6.45, 7) is 16.2. The number of anilines is 1. The molecule has 0 amide bonds. The van der Waals surface area contributed by atoms with Crippen LogP contribution in [-0.4, -0.2) is 46.2 Å². The van der Waals surface area contributed by atoms with Gasteiger partial charge in [0, 0.05) is 24.8 Å². The summed E-state index contributed by atoms with van der Waals surface area (Å²) < 4.78 is 35.9. The number of hydrogen-bond acceptors (Lipinski definition) is 6. The van der Waals surface area contributed by atoms with E-state index in [4.69, 9.17) is 18.5 Å². The predicted molar refractivity (Wildman–Crippen MR) is 166 cm³/mol. The van der Waals surface area contributed by atoms with Crippen LogP contribution in [-0.2, 0) is 20.0 Å². The second kappa shape index (κ2) is 15.3. The minimum Gasteiger partial charge on any atom is -0.497 e. The SMILES string of the molecule is CCOP(=O)(C[C@H](C)c1cccc(OCC2CCN(c3cc(OC)ccc3CCCC(C)(C)C)CC2)c1)OCC. The summed E-state index contributed by atoms with van der Waals surface area (Å²) in [4.78, 5) is 2.53. The minimum absolute atomic E-state index is 0.0381. The Hall–Kier alpha value is -2.01. The molecular formula is C33H52NO5P. The third-order valence-corrected chi connectivity index (χ3v) is 9.98. The van der Waals surface area contributed by atoms with Crippen molar-refractivity contribution in [3.05, 3.63) is 53.6 Å². The molecule has 0 N–H and O–H groups in total. The Morgan fingerprint density at radius 3 is 2.33 bits per heavy atom. The van der Waals surface area contributed by atoms with Crippen LogP contribution in [0.25, 0.3) is 0 Å². The topological polar surface area (TPSA) is 57.2 Å². The Kier molecular flexibility index (Phi) is 12.4. The maximum Gasteiger partial charge on any atom is 0.331 e. The number of aryl methyl sites for hydroxylation is 1. The van der Waals surface area contributed by atoms with Crippen LogP contribution in [0.1, 0.15) is 84.3 Å². The van der Waals surface area contributed by atoms with Crippen LogP contribution in [0.3, 0.4) is 0 Å². The molecule has 6 nitrogen and oxygen atoms in total. The molecule has 0 saturated carbocycles. The molecular weight excluding hydrogens is 521 g/mol. The highest BCUT2D eigenvalue weighted by Gasteiger charge is 2.27. The largest absolute Gasteiger partial charge is 0.497 e. The van der Waals surface area contributed by atoms with Gasteiger partial charge in [-0.05, 0) is 92.5 Å². The Bertz CT molecular complexity index is 1080. The van der Waals surface area contributed by atoms with Gasteiger partial charge in [-0.1, -0.05) is 45.9 Å². The van der Waals surface area contributed by atoms with E-state index in [0.717, 1.165) is 49.4 Å². The van der Waals surface area contributed by atoms with E-state index in [1.807, 2.05) is 26.0 Å². The molecule has 0 aliphatic carbocycles. The van der Waals surface area contributed by atoms with E-state index in [-0.39, 0.29) is 5.92 Å². The molecule has 1 heterocycles. The zero-order valence-corrected chi connectivity index (χ0v) is 26.8. The highest BCUT2D eigenvalue weighted by atomic mass is 31.2. The maximum absolute atomic E-state index is 13.0. The normalized spacial score (nSPS) is 15.7. The van der Waals surface area contributed by atoms with Crippen molar-refractivity contribution in [1.29, 1.82) is 0 Å². The lowest BCUT2D eigenvalue weighted by molar-refractivity contribution is 0.218. The predicted octanol–water partition coefficient (Wildman–Crippen LogP) is 8.73. The number of ether oxygens (including phenoxy) is 2. The molecule has 1 atom stereocenters. The number of benzene rings is 2. The van der Waals surface area contributed by atoms with Crippen LogP contribution >= 0.6 is 7.60 Å². The van der Waals surface area contributed by atoms with E-state index in [1.54, 1.807) is 7.11 Å². The maximum atomic E-state index is 13.0. The van der Waals surface area contributed by atoms with Crippen molar-refractivity contribution in [3.8, 4) is 11.5 Å². The Labute approximate surface area is 243 Å². The summed E-state index contributed by atoms with van der Waals surface area (Å²) in [5, 5.41) is 0. The molecule has 40 heavy (non-hydrogen) atoms. The number of rotatable bonds is 15. The van der Waals surface area contributed by atoms with E-state index >= 15 is 0 Å². The van der Waals surface area contributed by atoms with Gasteiger partial charge in [-0.3, -0.25) is 4.57 Å². The van der Waals surface area contributed by atoms with Crippen LogP contribution in [0.15, 0.2) is 42.5 Å². The highest BCUT2D eigenvalue weighted by Crippen LogP contribution is 2.51. The smallest absolute Gasteiger partial charge is 0.331 e. The first-order valence-electron chi connectivity index (χ1n) is 15.1. The molecule has 2 aromatic rings. The van der Waals surface area contributed by atoms with Gasteiger partial charge in [0.1, 0.15) is 11.5 Å². The number of methoxy groups -OCH3 is 1. The Morgan fingerprint density at radius 2 is 1.70 bits per heavy atom.